The fourth-order valence-corrected chi connectivity index (χ4v) is 2.32. The maximum absolute atomic E-state index is 11.7. The standard InChI is InChI=1S/C8H16N4O2S/c1-6(4-9)11-15(13,14)8-5-12(3)7(2)10-8/h5-6,11H,4,9H2,1-3H3. The molecular formula is C8H16N4O2S. The molecule has 1 aromatic rings. The summed E-state index contributed by atoms with van der Waals surface area (Å²) in [5.74, 6) is 0.649. The number of nitrogens with one attached hydrogen (secondary N) is 1. The highest BCUT2D eigenvalue weighted by Crippen LogP contribution is 2.07. The minimum atomic E-state index is -3.54. The minimum Gasteiger partial charge on any atom is -0.337 e. The van der Waals surface area contributed by atoms with Gasteiger partial charge in [0, 0.05) is 25.8 Å². The van der Waals surface area contributed by atoms with Crippen LogP contribution in [0.3, 0.4) is 0 Å². The van der Waals surface area contributed by atoms with Crippen LogP contribution in [0.5, 0.6) is 0 Å². The summed E-state index contributed by atoms with van der Waals surface area (Å²) in [5, 5.41) is 0.0304. The van der Waals surface area contributed by atoms with Crippen LogP contribution in [-0.4, -0.2) is 30.6 Å². The van der Waals surface area contributed by atoms with Gasteiger partial charge in [-0.05, 0) is 13.8 Å². The third kappa shape index (κ3) is 2.77. The van der Waals surface area contributed by atoms with Crippen molar-refractivity contribution in [2.45, 2.75) is 24.9 Å². The highest BCUT2D eigenvalue weighted by Gasteiger charge is 2.20. The van der Waals surface area contributed by atoms with Crippen LogP contribution in [0.4, 0.5) is 0 Å². The third-order valence-electron chi connectivity index (χ3n) is 2.07. The Morgan fingerprint density at radius 1 is 1.67 bits per heavy atom. The molecule has 0 aliphatic heterocycles. The molecule has 0 saturated heterocycles. The Kier molecular flexibility index (Phi) is 3.48. The molecule has 0 aromatic carbocycles. The average Bonchev–Trinajstić information content (AvgIpc) is 2.47. The van der Waals surface area contributed by atoms with E-state index in [9.17, 15) is 8.42 Å². The molecule has 3 N–H and O–H groups in total. The highest BCUT2D eigenvalue weighted by molar-refractivity contribution is 7.89. The molecule has 0 spiro atoms. The number of nitrogens with two attached hydrogens (primary N) is 1. The molecule has 0 aliphatic carbocycles. The van der Waals surface area contributed by atoms with Gasteiger partial charge in [0.2, 0.25) is 0 Å². The maximum atomic E-state index is 11.7. The van der Waals surface area contributed by atoms with Gasteiger partial charge in [0.05, 0.1) is 0 Å². The molecular weight excluding hydrogens is 216 g/mol. The lowest BCUT2D eigenvalue weighted by atomic mass is 10.4. The molecule has 1 atom stereocenters. The van der Waals surface area contributed by atoms with Crippen molar-refractivity contribution in [1.29, 1.82) is 0 Å². The van der Waals surface area contributed by atoms with Gasteiger partial charge >= 0.3 is 0 Å². The predicted molar refractivity (Wildman–Crippen MR) is 56.8 cm³/mol. The number of hydrogen-bond acceptors (Lipinski definition) is 4. The normalized spacial score (nSPS) is 14.1. The second-order valence-electron chi connectivity index (χ2n) is 3.50. The van der Waals surface area contributed by atoms with E-state index in [1.165, 1.54) is 6.20 Å². The van der Waals surface area contributed by atoms with E-state index in [0.717, 1.165) is 0 Å². The van der Waals surface area contributed by atoms with E-state index in [-0.39, 0.29) is 17.6 Å². The molecule has 7 heteroatoms. The lowest BCUT2D eigenvalue weighted by Gasteiger charge is -2.09. The van der Waals surface area contributed by atoms with Gasteiger partial charge in [-0.3, -0.25) is 0 Å². The summed E-state index contributed by atoms with van der Waals surface area (Å²) >= 11 is 0. The van der Waals surface area contributed by atoms with Crippen molar-refractivity contribution in [2.24, 2.45) is 12.8 Å². The first-order chi connectivity index (χ1) is 6.86. The molecule has 1 aromatic heterocycles. The molecule has 0 saturated carbocycles. The molecule has 1 unspecified atom stereocenters. The summed E-state index contributed by atoms with van der Waals surface area (Å²) in [6.45, 7) is 3.70. The van der Waals surface area contributed by atoms with E-state index in [4.69, 9.17) is 5.73 Å². The number of sulfonamides is 1. The van der Waals surface area contributed by atoms with E-state index < -0.39 is 10.0 Å². The Morgan fingerprint density at radius 2 is 2.27 bits per heavy atom. The van der Waals surface area contributed by atoms with Crippen LogP contribution in [0.15, 0.2) is 11.2 Å². The first-order valence-electron chi connectivity index (χ1n) is 4.59. The molecule has 0 aliphatic rings. The summed E-state index contributed by atoms with van der Waals surface area (Å²) in [5.41, 5.74) is 5.34. The van der Waals surface area contributed by atoms with Gasteiger partial charge in [0.25, 0.3) is 10.0 Å². The monoisotopic (exact) mass is 232 g/mol. The van der Waals surface area contributed by atoms with Crippen molar-refractivity contribution in [1.82, 2.24) is 14.3 Å². The number of rotatable bonds is 4. The van der Waals surface area contributed by atoms with Crippen LogP contribution in [0.2, 0.25) is 0 Å². The summed E-state index contributed by atoms with van der Waals surface area (Å²) in [6.07, 6.45) is 1.47. The number of aromatic nitrogens is 2. The maximum Gasteiger partial charge on any atom is 0.259 e. The highest BCUT2D eigenvalue weighted by atomic mass is 32.2. The molecule has 0 amide bonds. The van der Waals surface area contributed by atoms with E-state index >= 15 is 0 Å². The zero-order valence-electron chi connectivity index (χ0n) is 9.06. The van der Waals surface area contributed by atoms with Crippen LogP contribution in [-0.2, 0) is 17.1 Å². The lowest BCUT2D eigenvalue weighted by molar-refractivity contribution is 0.559. The molecule has 0 fully saturated rings. The first-order valence-corrected chi connectivity index (χ1v) is 6.07. The van der Waals surface area contributed by atoms with Crippen LogP contribution in [0.25, 0.3) is 0 Å². The van der Waals surface area contributed by atoms with E-state index in [1.807, 2.05) is 0 Å². The molecule has 6 nitrogen and oxygen atoms in total. The number of imidazole rings is 1. The van der Waals surface area contributed by atoms with Gasteiger partial charge in [-0.15, -0.1) is 0 Å². The zero-order valence-corrected chi connectivity index (χ0v) is 9.87. The van der Waals surface area contributed by atoms with Crippen molar-refractivity contribution >= 4 is 10.0 Å². The van der Waals surface area contributed by atoms with E-state index in [0.29, 0.717) is 5.82 Å². The van der Waals surface area contributed by atoms with Crippen LogP contribution >= 0.6 is 0 Å². The second kappa shape index (κ2) is 4.30. The molecule has 1 heterocycles. The summed E-state index contributed by atoms with van der Waals surface area (Å²) in [4.78, 5) is 3.94. The van der Waals surface area contributed by atoms with Gasteiger partial charge in [-0.1, -0.05) is 0 Å². The molecule has 0 bridgehead atoms. The lowest BCUT2D eigenvalue weighted by Crippen LogP contribution is -2.37. The largest absolute Gasteiger partial charge is 0.337 e. The second-order valence-corrected chi connectivity index (χ2v) is 5.16. The minimum absolute atomic E-state index is 0.0304. The number of nitrogens with zero attached hydrogens (tertiary/aromatic N) is 2. The van der Waals surface area contributed by atoms with Crippen molar-refractivity contribution in [3.63, 3.8) is 0 Å². The Labute approximate surface area is 89.5 Å². The zero-order chi connectivity index (χ0) is 11.6. The Hall–Kier alpha value is -0.920. The Bertz CT molecular complexity index is 418. The van der Waals surface area contributed by atoms with Gasteiger partial charge in [-0.2, -0.15) is 0 Å². The quantitative estimate of drug-likeness (QED) is 0.722. The van der Waals surface area contributed by atoms with E-state index in [1.54, 1.807) is 25.5 Å². The van der Waals surface area contributed by atoms with Gasteiger partial charge in [-0.25, -0.2) is 18.1 Å². The van der Waals surface area contributed by atoms with Gasteiger partial charge in [0.15, 0.2) is 5.03 Å². The van der Waals surface area contributed by atoms with E-state index in [2.05, 4.69) is 9.71 Å². The molecule has 86 valence electrons. The number of hydrogen-bond donors (Lipinski definition) is 2. The summed E-state index contributed by atoms with van der Waals surface area (Å²) in [7, 11) is -1.79. The third-order valence-corrected chi connectivity index (χ3v) is 3.53. The van der Waals surface area contributed by atoms with Gasteiger partial charge < -0.3 is 10.3 Å². The first kappa shape index (κ1) is 12.2. The van der Waals surface area contributed by atoms with Crippen molar-refractivity contribution < 1.29 is 8.42 Å². The predicted octanol–water partition coefficient (Wildman–Crippen LogP) is -0.646. The fraction of sp³-hybridized carbons (Fsp3) is 0.625. The van der Waals surface area contributed by atoms with Crippen molar-refractivity contribution in [3.05, 3.63) is 12.0 Å². The summed E-state index contributed by atoms with van der Waals surface area (Å²) in [6, 6.07) is -0.294. The molecule has 0 radical (unpaired) electrons. The Morgan fingerprint density at radius 3 is 2.67 bits per heavy atom. The number of aryl methyl sites for hydroxylation is 2. The van der Waals surface area contributed by atoms with Crippen LogP contribution in [0, 0.1) is 6.92 Å². The fourth-order valence-electron chi connectivity index (χ4n) is 1.03. The topological polar surface area (TPSA) is 90.0 Å². The van der Waals surface area contributed by atoms with Gasteiger partial charge in [0.1, 0.15) is 5.82 Å². The smallest absolute Gasteiger partial charge is 0.259 e. The van der Waals surface area contributed by atoms with Crippen molar-refractivity contribution in [3.8, 4) is 0 Å². The van der Waals surface area contributed by atoms with Crippen LogP contribution in [0.1, 0.15) is 12.7 Å². The Balaban J connectivity index is 2.96. The average molecular weight is 232 g/mol. The SMILES string of the molecule is Cc1nc(S(=O)(=O)NC(C)CN)cn1C. The van der Waals surface area contributed by atoms with Crippen LogP contribution < -0.4 is 10.5 Å². The molecule has 1 rings (SSSR count). The van der Waals surface area contributed by atoms with Crippen molar-refractivity contribution in [2.75, 3.05) is 6.54 Å². The summed E-state index contributed by atoms with van der Waals surface area (Å²) < 4.78 is 27.5. The molecule has 15 heavy (non-hydrogen) atoms.